The van der Waals surface area contributed by atoms with E-state index in [1.807, 2.05) is 13.8 Å². The van der Waals surface area contributed by atoms with E-state index in [1.54, 1.807) is 25.1 Å². The van der Waals surface area contributed by atoms with Crippen LogP contribution in [0.25, 0.3) is 0 Å². The van der Waals surface area contributed by atoms with Crippen molar-refractivity contribution in [3.63, 3.8) is 0 Å². The highest BCUT2D eigenvalue weighted by molar-refractivity contribution is 5.98. The predicted octanol–water partition coefficient (Wildman–Crippen LogP) is 2.16. The minimum absolute atomic E-state index is 0.0521. The molecule has 0 saturated carbocycles. The van der Waals surface area contributed by atoms with Crippen LogP contribution in [0.15, 0.2) is 18.2 Å². The number of amides is 1. The smallest absolute Gasteiger partial charge is 0.244 e. The number of hydrogen-bond donors (Lipinski definition) is 3. The van der Waals surface area contributed by atoms with Crippen LogP contribution in [-0.2, 0) is 4.79 Å². The van der Waals surface area contributed by atoms with Gasteiger partial charge in [-0.05, 0) is 38.0 Å². The lowest BCUT2D eigenvalue weighted by atomic mass is 9.96. The van der Waals surface area contributed by atoms with Gasteiger partial charge in [0.2, 0.25) is 5.91 Å². The number of aromatic hydroxyl groups is 1. The Labute approximate surface area is 102 Å². The summed E-state index contributed by atoms with van der Waals surface area (Å²) < 4.78 is 0. The van der Waals surface area contributed by atoms with Gasteiger partial charge < -0.3 is 16.2 Å². The molecule has 0 aliphatic carbocycles. The molecular weight excluding hydrogens is 216 g/mol. The van der Waals surface area contributed by atoms with E-state index in [0.29, 0.717) is 12.1 Å². The number of carbonyl (C=O) groups excluding carboxylic acids is 1. The first-order valence-corrected chi connectivity index (χ1v) is 5.77. The molecule has 1 rings (SSSR count). The molecule has 0 radical (unpaired) electrons. The molecule has 4 nitrogen and oxygen atoms in total. The number of hydrogen-bond acceptors (Lipinski definition) is 3. The zero-order valence-electron chi connectivity index (χ0n) is 10.6. The average Bonchev–Trinajstić information content (AvgIpc) is 2.23. The van der Waals surface area contributed by atoms with Crippen molar-refractivity contribution < 1.29 is 9.90 Å². The van der Waals surface area contributed by atoms with E-state index >= 15 is 0 Å². The topological polar surface area (TPSA) is 75.4 Å². The molecule has 0 bridgehead atoms. The number of phenols is 1. The second-order valence-electron chi connectivity index (χ2n) is 4.64. The number of nitrogens with two attached hydrogens (primary N) is 1. The number of carbonyl (C=O) groups is 1. The summed E-state index contributed by atoms with van der Waals surface area (Å²) in [5.41, 5.74) is 6.37. The first-order valence-electron chi connectivity index (χ1n) is 5.77. The molecule has 94 valence electrons. The van der Waals surface area contributed by atoms with Crippen molar-refractivity contribution in [1.29, 1.82) is 0 Å². The molecule has 1 aromatic rings. The zero-order chi connectivity index (χ0) is 13.1. The van der Waals surface area contributed by atoms with Crippen LogP contribution in [0, 0.1) is 6.92 Å². The Morgan fingerprint density at radius 1 is 1.53 bits per heavy atom. The van der Waals surface area contributed by atoms with Gasteiger partial charge in [-0.3, -0.25) is 4.79 Å². The molecule has 4 N–H and O–H groups in total. The van der Waals surface area contributed by atoms with Gasteiger partial charge in [0.05, 0.1) is 11.2 Å². The van der Waals surface area contributed by atoms with Gasteiger partial charge in [0.15, 0.2) is 0 Å². The normalized spacial score (nSPS) is 14.1. The maximum absolute atomic E-state index is 11.9. The van der Waals surface area contributed by atoms with Gasteiger partial charge in [-0.2, -0.15) is 0 Å². The average molecular weight is 236 g/mol. The standard InChI is InChI=1S/C13H20N2O2/c1-4-7-13(3,14)12(17)15-10-8-9(2)5-6-11(10)16/h5-6,8,16H,4,7,14H2,1-3H3,(H,15,17). The summed E-state index contributed by atoms with van der Waals surface area (Å²) in [5, 5.41) is 12.3. The maximum atomic E-state index is 11.9. The number of phenolic OH excluding ortho intramolecular Hbond substituents is 1. The van der Waals surface area contributed by atoms with Crippen LogP contribution in [0.3, 0.4) is 0 Å². The molecule has 0 aliphatic rings. The summed E-state index contributed by atoms with van der Waals surface area (Å²) in [6.45, 7) is 5.56. The first-order chi connectivity index (χ1) is 7.86. The van der Waals surface area contributed by atoms with Crippen LogP contribution >= 0.6 is 0 Å². The summed E-state index contributed by atoms with van der Waals surface area (Å²) in [6, 6.07) is 5.05. The van der Waals surface area contributed by atoms with E-state index in [9.17, 15) is 9.90 Å². The lowest BCUT2D eigenvalue weighted by Crippen LogP contribution is -2.48. The highest BCUT2D eigenvalue weighted by atomic mass is 16.3. The lowest BCUT2D eigenvalue weighted by Gasteiger charge is -2.23. The van der Waals surface area contributed by atoms with Gasteiger partial charge in [0.1, 0.15) is 5.75 Å². The maximum Gasteiger partial charge on any atom is 0.244 e. The van der Waals surface area contributed by atoms with Crippen molar-refractivity contribution in [2.75, 3.05) is 5.32 Å². The van der Waals surface area contributed by atoms with E-state index in [0.717, 1.165) is 12.0 Å². The Morgan fingerprint density at radius 3 is 2.76 bits per heavy atom. The van der Waals surface area contributed by atoms with Gasteiger partial charge in [-0.25, -0.2) is 0 Å². The van der Waals surface area contributed by atoms with Crippen LogP contribution in [0.4, 0.5) is 5.69 Å². The molecule has 0 heterocycles. The van der Waals surface area contributed by atoms with Crippen molar-refractivity contribution in [3.8, 4) is 5.75 Å². The molecule has 0 saturated heterocycles. The summed E-state index contributed by atoms with van der Waals surface area (Å²) in [5.74, 6) is -0.225. The van der Waals surface area contributed by atoms with Crippen molar-refractivity contribution >= 4 is 11.6 Å². The minimum atomic E-state index is -0.912. The third-order valence-electron chi connectivity index (χ3n) is 2.69. The number of anilines is 1. The molecule has 0 spiro atoms. The summed E-state index contributed by atoms with van der Waals surface area (Å²) >= 11 is 0. The summed E-state index contributed by atoms with van der Waals surface area (Å²) in [7, 11) is 0. The van der Waals surface area contributed by atoms with Crippen LogP contribution in [0.2, 0.25) is 0 Å². The highest BCUT2D eigenvalue weighted by Gasteiger charge is 2.27. The summed E-state index contributed by atoms with van der Waals surface area (Å²) in [4.78, 5) is 11.9. The van der Waals surface area contributed by atoms with Crippen LogP contribution < -0.4 is 11.1 Å². The number of rotatable bonds is 4. The molecule has 0 fully saturated rings. The molecule has 1 atom stereocenters. The second-order valence-corrected chi connectivity index (χ2v) is 4.64. The van der Waals surface area contributed by atoms with Gasteiger partial charge in [-0.15, -0.1) is 0 Å². The van der Waals surface area contributed by atoms with E-state index in [1.165, 1.54) is 0 Å². The molecule has 1 aromatic carbocycles. The van der Waals surface area contributed by atoms with E-state index in [4.69, 9.17) is 5.73 Å². The largest absolute Gasteiger partial charge is 0.506 e. The molecule has 1 amide bonds. The second kappa shape index (κ2) is 5.19. The van der Waals surface area contributed by atoms with Gasteiger partial charge in [0, 0.05) is 0 Å². The van der Waals surface area contributed by atoms with Gasteiger partial charge in [-0.1, -0.05) is 19.4 Å². The Morgan fingerprint density at radius 2 is 2.18 bits per heavy atom. The SMILES string of the molecule is CCCC(C)(N)C(=O)Nc1cc(C)ccc1O. The van der Waals surface area contributed by atoms with E-state index in [2.05, 4.69) is 5.32 Å². The third kappa shape index (κ3) is 3.46. The molecule has 17 heavy (non-hydrogen) atoms. The van der Waals surface area contributed by atoms with Crippen LogP contribution in [0.5, 0.6) is 5.75 Å². The fourth-order valence-corrected chi connectivity index (χ4v) is 1.65. The van der Waals surface area contributed by atoms with Crippen LogP contribution in [-0.4, -0.2) is 16.6 Å². The Balaban J connectivity index is 2.84. The molecular formula is C13H20N2O2. The van der Waals surface area contributed by atoms with Crippen LogP contribution in [0.1, 0.15) is 32.3 Å². The van der Waals surface area contributed by atoms with Crippen molar-refractivity contribution in [3.05, 3.63) is 23.8 Å². The predicted molar refractivity (Wildman–Crippen MR) is 69.0 cm³/mol. The monoisotopic (exact) mass is 236 g/mol. The molecule has 4 heteroatoms. The fourth-order valence-electron chi connectivity index (χ4n) is 1.65. The molecule has 0 aromatic heterocycles. The van der Waals surface area contributed by atoms with E-state index < -0.39 is 5.54 Å². The van der Waals surface area contributed by atoms with Crippen molar-refractivity contribution in [2.24, 2.45) is 5.73 Å². The Hall–Kier alpha value is -1.55. The van der Waals surface area contributed by atoms with Gasteiger partial charge in [0.25, 0.3) is 0 Å². The quantitative estimate of drug-likeness (QED) is 0.701. The molecule has 1 unspecified atom stereocenters. The third-order valence-corrected chi connectivity index (χ3v) is 2.69. The summed E-state index contributed by atoms with van der Waals surface area (Å²) in [6.07, 6.45) is 1.44. The number of nitrogens with one attached hydrogen (secondary N) is 1. The van der Waals surface area contributed by atoms with Gasteiger partial charge >= 0.3 is 0 Å². The fraction of sp³-hybridized carbons (Fsp3) is 0.462. The van der Waals surface area contributed by atoms with E-state index in [-0.39, 0.29) is 11.7 Å². The number of aryl methyl sites for hydroxylation is 1. The van der Waals surface area contributed by atoms with Crippen molar-refractivity contribution in [2.45, 2.75) is 39.2 Å². The minimum Gasteiger partial charge on any atom is -0.506 e. The highest BCUT2D eigenvalue weighted by Crippen LogP contribution is 2.25. The Kier molecular flexibility index (Phi) is 4.12. The zero-order valence-corrected chi connectivity index (χ0v) is 10.6. The Bertz CT molecular complexity index is 414. The van der Waals surface area contributed by atoms with Crippen molar-refractivity contribution in [1.82, 2.24) is 0 Å². The lowest BCUT2D eigenvalue weighted by molar-refractivity contribution is -0.120. The molecule has 0 aliphatic heterocycles. The number of benzene rings is 1. The first kappa shape index (κ1) is 13.5.